The van der Waals surface area contributed by atoms with Crippen LogP contribution in [0.1, 0.15) is 49.4 Å². The van der Waals surface area contributed by atoms with Crippen molar-refractivity contribution in [2.45, 2.75) is 51.0 Å². The highest BCUT2D eigenvalue weighted by Gasteiger charge is 2.28. The van der Waals surface area contributed by atoms with Crippen LogP contribution in [-0.2, 0) is 17.8 Å². The number of amides is 1. The molecule has 0 aromatic carbocycles. The van der Waals surface area contributed by atoms with E-state index in [0.717, 1.165) is 44.0 Å². The summed E-state index contributed by atoms with van der Waals surface area (Å²) in [5.74, 6) is 2.67. The van der Waals surface area contributed by atoms with E-state index in [1.54, 1.807) is 11.3 Å². The summed E-state index contributed by atoms with van der Waals surface area (Å²) >= 11 is 1.66. The van der Waals surface area contributed by atoms with Crippen LogP contribution in [0.2, 0.25) is 0 Å². The molecule has 0 spiro atoms. The number of imidazole rings is 1. The average molecular weight is 343 g/mol. The smallest absolute Gasteiger partial charge is 0.227 e. The van der Waals surface area contributed by atoms with E-state index in [9.17, 15) is 4.79 Å². The molecule has 4 rings (SSSR count). The second-order valence-electron chi connectivity index (χ2n) is 7.22. The number of piperidine rings is 1. The quantitative estimate of drug-likeness (QED) is 0.830. The van der Waals surface area contributed by atoms with Crippen molar-refractivity contribution in [3.8, 4) is 0 Å². The molecule has 2 aromatic heterocycles. The van der Waals surface area contributed by atoms with E-state index in [1.807, 2.05) is 16.5 Å². The largest absolute Gasteiger partial charge is 0.342 e. The summed E-state index contributed by atoms with van der Waals surface area (Å²) in [4.78, 5) is 19.3. The third-order valence-corrected chi connectivity index (χ3v) is 6.23. The Hall–Kier alpha value is -1.62. The fourth-order valence-corrected chi connectivity index (χ4v) is 4.55. The van der Waals surface area contributed by atoms with Crippen molar-refractivity contribution in [3.05, 3.63) is 40.6 Å². The zero-order chi connectivity index (χ0) is 16.4. The van der Waals surface area contributed by atoms with Gasteiger partial charge in [-0.1, -0.05) is 6.42 Å². The molecular formula is C19H25N3OS. The van der Waals surface area contributed by atoms with E-state index in [0.29, 0.717) is 12.3 Å². The van der Waals surface area contributed by atoms with Gasteiger partial charge in [-0.05, 0) is 54.0 Å². The average Bonchev–Trinajstić information content (AvgIpc) is 3.22. The monoisotopic (exact) mass is 343 g/mol. The molecule has 1 atom stereocenters. The number of carbonyl (C=O) groups excluding carboxylic acids is 1. The highest BCUT2D eigenvalue weighted by Crippen LogP contribution is 2.31. The van der Waals surface area contributed by atoms with Gasteiger partial charge in [-0.15, -0.1) is 0 Å². The maximum atomic E-state index is 12.6. The molecule has 1 aliphatic heterocycles. The third kappa shape index (κ3) is 3.41. The zero-order valence-electron chi connectivity index (χ0n) is 14.1. The molecule has 1 saturated carbocycles. The molecule has 1 amide bonds. The van der Waals surface area contributed by atoms with Crippen molar-refractivity contribution >= 4 is 17.2 Å². The maximum Gasteiger partial charge on any atom is 0.227 e. The molecule has 2 aromatic rings. The lowest BCUT2D eigenvalue weighted by atomic mass is 9.85. The summed E-state index contributed by atoms with van der Waals surface area (Å²) < 4.78 is 2.35. The Bertz CT molecular complexity index is 675. The molecule has 3 heterocycles. The van der Waals surface area contributed by atoms with Crippen LogP contribution in [0.5, 0.6) is 0 Å². The number of nitrogens with zero attached hydrogens (tertiary/aromatic N) is 3. The van der Waals surface area contributed by atoms with Gasteiger partial charge >= 0.3 is 0 Å². The highest BCUT2D eigenvalue weighted by molar-refractivity contribution is 7.07. The minimum absolute atomic E-state index is 0.259. The van der Waals surface area contributed by atoms with Gasteiger partial charge in [0.2, 0.25) is 5.91 Å². The number of hydrogen-bond donors (Lipinski definition) is 0. The van der Waals surface area contributed by atoms with E-state index >= 15 is 0 Å². The van der Waals surface area contributed by atoms with E-state index < -0.39 is 0 Å². The van der Waals surface area contributed by atoms with Crippen molar-refractivity contribution < 1.29 is 4.79 Å². The zero-order valence-corrected chi connectivity index (χ0v) is 14.9. The van der Waals surface area contributed by atoms with Crippen LogP contribution in [0.15, 0.2) is 29.2 Å². The fourth-order valence-electron chi connectivity index (χ4n) is 3.88. The third-order valence-electron chi connectivity index (χ3n) is 5.50. The number of hydrogen-bond acceptors (Lipinski definition) is 3. The predicted molar refractivity (Wildman–Crippen MR) is 96.1 cm³/mol. The van der Waals surface area contributed by atoms with E-state index in [4.69, 9.17) is 0 Å². The van der Waals surface area contributed by atoms with Gasteiger partial charge in [-0.3, -0.25) is 4.79 Å². The number of carbonyl (C=O) groups is 1. The number of rotatable bonds is 5. The Morgan fingerprint density at radius 3 is 2.96 bits per heavy atom. The molecule has 0 unspecified atom stereocenters. The molecule has 0 bridgehead atoms. The van der Waals surface area contributed by atoms with Crippen LogP contribution in [0, 0.1) is 5.92 Å². The lowest BCUT2D eigenvalue weighted by molar-refractivity contribution is -0.131. The molecule has 24 heavy (non-hydrogen) atoms. The van der Waals surface area contributed by atoms with Gasteiger partial charge < -0.3 is 9.47 Å². The van der Waals surface area contributed by atoms with Crippen LogP contribution in [0.25, 0.3) is 0 Å². The molecule has 0 radical (unpaired) electrons. The van der Waals surface area contributed by atoms with Gasteiger partial charge in [-0.25, -0.2) is 4.98 Å². The first kappa shape index (κ1) is 15.9. The van der Waals surface area contributed by atoms with E-state index in [1.165, 1.54) is 25.1 Å². The molecule has 4 nitrogen and oxygen atoms in total. The molecule has 1 aliphatic carbocycles. The summed E-state index contributed by atoms with van der Waals surface area (Å²) in [6.45, 7) is 2.82. The molecule has 5 heteroatoms. The minimum Gasteiger partial charge on any atom is -0.342 e. The standard InChI is InChI=1S/C19H25N3OS/c23-18(11-16-6-10-24-14-16)21-8-2-5-17(13-21)19-20-7-9-22(19)12-15-3-1-4-15/h6-7,9-10,14-15,17H,1-5,8,11-13H2/t17-/m0/s1. The summed E-state index contributed by atoms with van der Waals surface area (Å²) in [6.07, 6.45) is 10.9. The summed E-state index contributed by atoms with van der Waals surface area (Å²) in [5.41, 5.74) is 1.14. The number of aromatic nitrogens is 2. The second-order valence-corrected chi connectivity index (χ2v) is 8.00. The van der Waals surface area contributed by atoms with Crippen molar-refractivity contribution in [1.82, 2.24) is 14.5 Å². The Balaban J connectivity index is 1.41. The molecule has 0 N–H and O–H groups in total. The van der Waals surface area contributed by atoms with Gasteiger partial charge in [0.25, 0.3) is 0 Å². The molecular weight excluding hydrogens is 318 g/mol. The topological polar surface area (TPSA) is 38.1 Å². The first-order chi connectivity index (χ1) is 11.8. The van der Waals surface area contributed by atoms with Crippen molar-refractivity contribution in [3.63, 3.8) is 0 Å². The minimum atomic E-state index is 0.259. The first-order valence-electron chi connectivity index (χ1n) is 9.09. The molecule has 2 aliphatic rings. The van der Waals surface area contributed by atoms with Crippen LogP contribution in [-0.4, -0.2) is 33.4 Å². The van der Waals surface area contributed by atoms with E-state index in [-0.39, 0.29) is 5.91 Å². The van der Waals surface area contributed by atoms with Gasteiger partial charge in [-0.2, -0.15) is 11.3 Å². The first-order valence-corrected chi connectivity index (χ1v) is 10.0. The highest BCUT2D eigenvalue weighted by atomic mass is 32.1. The van der Waals surface area contributed by atoms with Crippen LogP contribution < -0.4 is 0 Å². The second kappa shape index (κ2) is 7.09. The predicted octanol–water partition coefficient (Wildman–Crippen LogP) is 3.69. The van der Waals surface area contributed by atoms with Crippen molar-refractivity contribution in [2.24, 2.45) is 5.92 Å². The van der Waals surface area contributed by atoms with E-state index in [2.05, 4.69) is 27.2 Å². The number of thiophene rings is 1. The molecule has 128 valence electrons. The van der Waals surface area contributed by atoms with Crippen LogP contribution in [0.3, 0.4) is 0 Å². The summed E-state index contributed by atoms with van der Waals surface area (Å²) in [5, 5.41) is 4.11. The van der Waals surface area contributed by atoms with Gasteiger partial charge in [0.15, 0.2) is 0 Å². The fraction of sp³-hybridized carbons (Fsp3) is 0.579. The van der Waals surface area contributed by atoms with Gasteiger partial charge in [0, 0.05) is 37.9 Å². The van der Waals surface area contributed by atoms with Crippen molar-refractivity contribution in [1.29, 1.82) is 0 Å². The Labute approximate surface area is 147 Å². The summed E-state index contributed by atoms with van der Waals surface area (Å²) in [7, 11) is 0. The lowest BCUT2D eigenvalue weighted by Crippen LogP contribution is -2.40. The Morgan fingerprint density at radius 2 is 2.21 bits per heavy atom. The van der Waals surface area contributed by atoms with Gasteiger partial charge in [0.1, 0.15) is 5.82 Å². The summed E-state index contributed by atoms with van der Waals surface area (Å²) in [6, 6.07) is 2.05. The molecule has 2 fully saturated rings. The van der Waals surface area contributed by atoms with Crippen molar-refractivity contribution in [2.75, 3.05) is 13.1 Å². The normalized spacial score (nSPS) is 21.7. The Morgan fingerprint density at radius 1 is 1.29 bits per heavy atom. The van der Waals surface area contributed by atoms with Gasteiger partial charge in [0.05, 0.1) is 6.42 Å². The Kier molecular flexibility index (Phi) is 4.69. The van der Waals surface area contributed by atoms with Crippen LogP contribution >= 0.6 is 11.3 Å². The maximum absolute atomic E-state index is 12.6. The number of likely N-dealkylation sites (tertiary alicyclic amines) is 1. The lowest BCUT2D eigenvalue weighted by Gasteiger charge is -2.33. The van der Waals surface area contributed by atoms with Crippen LogP contribution in [0.4, 0.5) is 0 Å². The molecule has 1 saturated heterocycles. The SMILES string of the molecule is O=C(Cc1ccsc1)N1CCC[C@H](c2nccn2CC2CCC2)C1.